The van der Waals surface area contributed by atoms with Crippen molar-refractivity contribution in [3.63, 3.8) is 0 Å². The van der Waals surface area contributed by atoms with Gasteiger partial charge in [-0.3, -0.25) is 4.39 Å². The van der Waals surface area contributed by atoms with E-state index < -0.39 is 10.5 Å². The van der Waals surface area contributed by atoms with Gasteiger partial charge in [-0.15, -0.1) is 0 Å². The summed E-state index contributed by atoms with van der Waals surface area (Å²) in [6, 6.07) is 0. The van der Waals surface area contributed by atoms with E-state index in [0.29, 0.717) is 6.42 Å². The molecule has 0 atom stereocenters. The molecule has 0 aromatic rings. The van der Waals surface area contributed by atoms with Gasteiger partial charge in [-0.2, -0.15) is 0 Å². The number of hydrogen-bond donors (Lipinski definition) is 0. The van der Waals surface area contributed by atoms with Crippen LogP contribution < -0.4 is 0 Å². The molecular weight excluding hydrogens is 173 g/mol. The molecule has 0 unspecified atom stereocenters. The number of rotatable bonds is 2. The maximum atomic E-state index is 11.3. The maximum absolute atomic E-state index is 11.3. The highest BCUT2D eigenvalue weighted by atomic mass is 35.6. The van der Waals surface area contributed by atoms with Crippen LogP contribution in [0.25, 0.3) is 0 Å². The van der Waals surface area contributed by atoms with Gasteiger partial charge in [-0.1, -0.05) is 34.8 Å². The molecule has 0 amide bonds. The largest absolute Gasteiger partial charge is 0.251 e. The first kappa shape index (κ1) is 8.80. The molecule has 0 N–H and O–H groups in total. The van der Waals surface area contributed by atoms with Crippen LogP contribution in [0.4, 0.5) is 4.39 Å². The van der Waals surface area contributed by atoms with Gasteiger partial charge in [-0.25, -0.2) is 0 Å². The summed E-state index contributed by atoms with van der Waals surface area (Å²) in [7, 11) is 0. The minimum Gasteiger partial charge on any atom is -0.251 e. The molecule has 0 aliphatic carbocycles. The third-order valence-corrected chi connectivity index (χ3v) is 1.16. The van der Waals surface area contributed by atoms with E-state index in [9.17, 15) is 4.39 Å². The van der Waals surface area contributed by atoms with Gasteiger partial charge < -0.3 is 0 Å². The predicted molar refractivity (Wildman–Crippen MR) is 35.5 cm³/mol. The van der Waals surface area contributed by atoms with Crippen molar-refractivity contribution < 1.29 is 4.39 Å². The number of alkyl halides is 4. The van der Waals surface area contributed by atoms with Crippen LogP contribution in [0.1, 0.15) is 12.8 Å². The number of hydrogen-bond acceptors (Lipinski definition) is 0. The SMILES string of the molecule is FCCCC(Cl)(Cl)Cl. The van der Waals surface area contributed by atoms with Crippen molar-refractivity contribution in [2.24, 2.45) is 0 Å². The fraction of sp³-hybridized carbons (Fsp3) is 1.00. The summed E-state index contributed by atoms with van der Waals surface area (Å²) in [6.45, 7) is -0.423. The van der Waals surface area contributed by atoms with Crippen molar-refractivity contribution in [3.8, 4) is 0 Å². The summed E-state index contributed by atoms with van der Waals surface area (Å²) in [5, 5.41) is 0. The van der Waals surface area contributed by atoms with Crippen molar-refractivity contribution >= 4 is 34.8 Å². The van der Waals surface area contributed by atoms with Crippen LogP contribution in [0.3, 0.4) is 0 Å². The first-order valence-electron chi connectivity index (χ1n) is 2.19. The Hall–Kier alpha value is 0.800. The second-order valence-electron chi connectivity index (χ2n) is 1.41. The molecule has 0 rings (SSSR count). The standard InChI is InChI=1S/C4H6Cl3F/c5-4(6,7)2-1-3-8/h1-3H2. The fourth-order valence-electron chi connectivity index (χ4n) is 0.267. The Morgan fingerprint density at radius 2 is 1.75 bits per heavy atom. The zero-order valence-electron chi connectivity index (χ0n) is 4.13. The van der Waals surface area contributed by atoms with Gasteiger partial charge >= 0.3 is 0 Å². The highest BCUT2D eigenvalue weighted by Gasteiger charge is 2.17. The lowest BCUT2D eigenvalue weighted by Gasteiger charge is -2.06. The molecule has 0 bridgehead atoms. The van der Waals surface area contributed by atoms with Crippen LogP contribution in [0.5, 0.6) is 0 Å². The molecule has 0 fully saturated rings. The van der Waals surface area contributed by atoms with Crippen LogP contribution in [0, 0.1) is 0 Å². The Morgan fingerprint density at radius 3 is 1.88 bits per heavy atom. The minimum absolute atomic E-state index is 0.286. The molecule has 0 aliphatic heterocycles. The van der Waals surface area contributed by atoms with Crippen molar-refractivity contribution in [2.75, 3.05) is 6.67 Å². The van der Waals surface area contributed by atoms with Gasteiger partial charge in [0.05, 0.1) is 6.67 Å². The van der Waals surface area contributed by atoms with E-state index in [1.807, 2.05) is 0 Å². The highest BCUT2D eigenvalue weighted by molar-refractivity contribution is 6.67. The summed E-state index contributed by atoms with van der Waals surface area (Å²) < 4.78 is 10.1. The molecule has 0 heterocycles. The van der Waals surface area contributed by atoms with Gasteiger partial charge in [0.15, 0.2) is 3.79 Å². The summed E-state index contributed by atoms with van der Waals surface area (Å²) in [5.74, 6) is 0. The second-order valence-corrected chi connectivity index (χ2v) is 3.92. The van der Waals surface area contributed by atoms with E-state index in [1.54, 1.807) is 0 Å². The van der Waals surface area contributed by atoms with Gasteiger partial charge in [0, 0.05) is 0 Å². The zero-order chi connectivity index (χ0) is 6.62. The Labute approximate surface area is 62.9 Å². The van der Waals surface area contributed by atoms with E-state index in [4.69, 9.17) is 34.8 Å². The molecule has 0 radical (unpaired) electrons. The summed E-state index contributed by atoms with van der Waals surface area (Å²) in [6.07, 6.45) is 0.602. The van der Waals surface area contributed by atoms with Crippen LogP contribution >= 0.6 is 34.8 Å². The quantitative estimate of drug-likeness (QED) is 0.572. The summed E-state index contributed by atoms with van der Waals surface area (Å²) in [5.41, 5.74) is 0. The van der Waals surface area contributed by atoms with Gasteiger partial charge in [0.1, 0.15) is 0 Å². The molecule has 0 saturated heterocycles. The van der Waals surface area contributed by atoms with E-state index in [1.165, 1.54) is 0 Å². The minimum atomic E-state index is -1.27. The molecule has 4 heteroatoms. The Bertz CT molecular complexity index is 58.8. The maximum Gasteiger partial charge on any atom is 0.190 e. The van der Waals surface area contributed by atoms with E-state index >= 15 is 0 Å². The van der Waals surface area contributed by atoms with Gasteiger partial charge in [0.2, 0.25) is 0 Å². The average Bonchev–Trinajstić information content (AvgIpc) is 1.59. The zero-order valence-corrected chi connectivity index (χ0v) is 6.40. The Kier molecular flexibility index (Phi) is 4.13. The topological polar surface area (TPSA) is 0 Å². The monoisotopic (exact) mass is 178 g/mol. The Balaban J connectivity index is 3.11. The molecule has 0 aromatic heterocycles. The van der Waals surface area contributed by atoms with Crippen LogP contribution in [0.15, 0.2) is 0 Å². The molecule has 0 saturated carbocycles. The van der Waals surface area contributed by atoms with Crippen LogP contribution in [0.2, 0.25) is 0 Å². The van der Waals surface area contributed by atoms with Crippen molar-refractivity contribution in [1.82, 2.24) is 0 Å². The lowest BCUT2D eigenvalue weighted by molar-refractivity contribution is 0.464. The molecule has 0 spiro atoms. The molecule has 0 aromatic carbocycles. The van der Waals surface area contributed by atoms with Gasteiger partial charge in [0.25, 0.3) is 0 Å². The van der Waals surface area contributed by atoms with E-state index in [2.05, 4.69) is 0 Å². The normalized spacial score (nSPS) is 12.0. The molecule has 0 nitrogen and oxygen atoms in total. The van der Waals surface area contributed by atoms with Crippen LogP contribution in [-0.2, 0) is 0 Å². The fourth-order valence-corrected chi connectivity index (χ4v) is 0.668. The highest BCUT2D eigenvalue weighted by Crippen LogP contribution is 2.30. The lowest BCUT2D eigenvalue weighted by atomic mass is 10.4. The Morgan fingerprint density at radius 1 is 1.25 bits per heavy atom. The third-order valence-electron chi connectivity index (χ3n) is 0.594. The molecular formula is C4H6Cl3F. The van der Waals surface area contributed by atoms with E-state index in [0.717, 1.165) is 0 Å². The molecule has 8 heavy (non-hydrogen) atoms. The average molecular weight is 179 g/mol. The molecule has 50 valence electrons. The lowest BCUT2D eigenvalue weighted by Crippen LogP contribution is -2.01. The van der Waals surface area contributed by atoms with Crippen molar-refractivity contribution in [3.05, 3.63) is 0 Å². The third kappa shape index (κ3) is 6.80. The number of halogens is 4. The first-order valence-corrected chi connectivity index (χ1v) is 3.32. The molecule has 0 aliphatic rings. The smallest absolute Gasteiger partial charge is 0.190 e. The summed E-state index contributed by atoms with van der Waals surface area (Å²) in [4.78, 5) is 0. The van der Waals surface area contributed by atoms with Crippen molar-refractivity contribution in [2.45, 2.75) is 16.6 Å². The van der Waals surface area contributed by atoms with Crippen molar-refractivity contribution in [1.29, 1.82) is 0 Å². The second kappa shape index (κ2) is 3.76. The first-order chi connectivity index (χ1) is 3.56. The summed E-state index contributed by atoms with van der Waals surface area (Å²) >= 11 is 15.8. The van der Waals surface area contributed by atoms with Crippen LogP contribution in [-0.4, -0.2) is 10.5 Å². The van der Waals surface area contributed by atoms with E-state index in [-0.39, 0.29) is 6.42 Å². The predicted octanol–water partition coefficient (Wildman–Crippen LogP) is 3.11. The van der Waals surface area contributed by atoms with Gasteiger partial charge in [-0.05, 0) is 12.8 Å².